The Morgan fingerprint density at radius 3 is 2.84 bits per heavy atom. The number of carbonyl (C=O) groups excluding carboxylic acids is 1. The van der Waals surface area contributed by atoms with E-state index in [0.29, 0.717) is 12.6 Å². The standard InChI is InChI=1S/C21H29NO3/c1-16-9-10-18(15-23)14-22(16)21(24)12-11-17-5-4-8-20(13-17)25-19-6-2-3-7-19/h4-5,8,11-13,16,18-19,23H,2-3,6-7,9-10,14-15H2,1H3/b12-11+. The SMILES string of the molecule is CC1CCC(CO)CN1C(=O)/C=C/c1cccc(OC2CCCC2)c1. The highest BCUT2D eigenvalue weighted by atomic mass is 16.5. The highest BCUT2D eigenvalue weighted by molar-refractivity contribution is 5.92. The van der Waals surface area contributed by atoms with Gasteiger partial charge in [-0.25, -0.2) is 0 Å². The number of nitrogens with zero attached hydrogens (tertiary/aromatic N) is 1. The van der Waals surface area contributed by atoms with Crippen LogP contribution in [0.3, 0.4) is 0 Å². The topological polar surface area (TPSA) is 49.8 Å². The molecule has 0 aromatic heterocycles. The zero-order valence-corrected chi connectivity index (χ0v) is 15.1. The average molecular weight is 343 g/mol. The lowest BCUT2D eigenvalue weighted by atomic mass is 9.94. The van der Waals surface area contributed by atoms with E-state index in [4.69, 9.17) is 4.74 Å². The Labute approximate surface area is 150 Å². The molecule has 2 unspecified atom stereocenters. The molecule has 2 aliphatic rings. The smallest absolute Gasteiger partial charge is 0.246 e. The second-order valence-corrected chi connectivity index (χ2v) is 7.40. The maximum atomic E-state index is 12.5. The number of benzene rings is 1. The lowest BCUT2D eigenvalue weighted by Crippen LogP contribution is -2.45. The quantitative estimate of drug-likeness (QED) is 0.831. The zero-order chi connectivity index (χ0) is 17.6. The predicted octanol–water partition coefficient (Wildman–Crippen LogP) is 3.64. The Morgan fingerprint density at radius 1 is 1.28 bits per heavy atom. The number of ether oxygens (including phenoxy) is 1. The van der Waals surface area contributed by atoms with Gasteiger partial charge in [0.05, 0.1) is 6.10 Å². The summed E-state index contributed by atoms with van der Waals surface area (Å²) < 4.78 is 6.03. The molecule has 1 amide bonds. The van der Waals surface area contributed by atoms with E-state index in [0.717, 1.165) is 37.0 Å². The first kappa shape index (κ1) is 18.0. The fraction of sp³-hybridized carbons (Fsp3) is 0.571. The van der Waals surface area contributed by atoms with Gasteiger partial charge in [0.2, 0.25) is 5.91 Å². The van der Waals surface area contributed by atoms with Crippen LogP contribution in [0.15, 0.2) is 30.3 Å². The molecule has 0 bridgehead atoms. The van der Waals surface area contributed by atoms with E-state index < -0.39 is 0 Å². The monoisotopic (exact) mass is 343 g/mol. The third-order valence-electron chi connectivity index (χ3n) is 5.40. The van der Waals surface area contributed by atoms with Crippen molar-refractivity contribution in [3.05, 3.63) is 35.9 Å². The Morgan fingerprint density at radius 2 is 2.08 bits per heavy atom. The van der Waals surface area contributed by atoms with Gasteiger partial charge in [0.1, 0.15) is 5.75 Å². The van der Waals surface area contributed by atoms with Crippen molar-refractivity contribution in [3.63, 3.8) is 0 Å². The first-order chi connectivity index (χ1) is 12.2. The van der Waals surface area contributed by atoms with E-state index in [9.17, 15) is 9.90 Å². The number of likely N-dealkylation sites (tertiary alicyclic amines) is 1. The average Bonchev–Trinajstić information content (AvgIpc) is 3.13. The van der Waals surface area contributed by atoms with Crippen LogP contribution in [-0.2, 0) is 4.79 Å². The number of rotatable bonds is 5. The van der Waals surface area contributed by atoms with Crippen LogP contribution < -0.4 is 4.74 Å². The molecule has 136 valence electrons. The largest absolute Gasteiger partial charge is 0.490 e. The summed E-state index contributed by atoms with van der Waals surface area (Å²) in [5.74, 6) is 1.11. The van der Waals surface area contributed by atoms with Crippen molar-refractivity contribution in [3.8, 4) is 5.75 Å². The molecule has 2 atom stereocenters. The van der Waals surface area contributed by atoms with Crippen LogP contribution in [0.1, 0.15) is 51.0 Å². The summed E-state index contributed by atoms with van der Waals surface area (Å²) in [4.78, 5) is 14.4. The molecule has 4 heteroatoms. The highest BCUT2D eigenvalue weighted by Gasteiger charge is 2.27. The van der Waals surface area contributed by atoms with Crippen molar-refractivity contribution >= 4 is 12.0 Å². The van der Waals surface area contributed by atoms with E-state index in [1.165, 1.54) is 12.8 Å². The van der Waals surface area contributed by atoms with Crippen molar-refractivity contribution in [2.45, 2.75) is 57.6 Å². The molecule has 0 radical (unpaired) electrons. The van der Waals surface area contributed by atoms with Gasteiger partial charge in [-0.15, -0.1) is 0 Å². The number of aliphatic hydroxyl groups is 1. The minimum atomic E-state index is 0.0211. The fourth-order valence-corrected chi connectivity index (χ4v) is 3.79. The number of carbonyl (C=O) groups is 1. The van der Waals surface area contributed by atoms with E-state index in [1.807, 2.05) is 35.2 Å². The van der Waals surface area contributed by atoms with E-state index >= 15 is 0 Å². The predicted molar refractivity (Wildman–Crippen MR) is 99.3 cm³/mol. The van der Waals surface area contributed by atoms with Gasteiger partial charge < -0.3 is 14.7 Å². The number of hydrogen-bond donors (Lipinski definition) is 1. The van der Waals surface area contributed by atoms with Crippen molar-refractivity contribution < 1.29 is 14.6 Å². The maximum absolute atomic E-state index is 12.5. The molecule has 1 saturated heterocycles. The van der Waals surface area contributed by atoms with Crippen LogP contribution in [0.5, 0.6) is 5.75 Å². The maximum Gasteiger partial charge on any atom is 0.246 e. The number of amides is 1. The number of hydrogen-bond acceptors (Lipinski definition) is 3. The first-order valence-corrected chi connectivity index (χ1v) is 9.52. The summed E-state index contributed by atoms with van der Waals surface area (Å²) in [6.45, 7) is 2.88. The number of piperidine rings is 1. The van der Waals surface area contributed by atoms with Crippen molar-refractivity contribution in [2.75, 3.05) is 13.2 Å². The van der Waals surface area contributed by atoms with Crippen LogP contribution in [-0.4, -0.2) is 41.2 Å². The third-order valence-corrected chi connectivity index (χ3v) is 5.40. The third kappa shape index (κ3) is 4.85. The van der Waals surface area contributed by atoms with Crippen molar-refractivity contribution in [2.24, 2.45) is 5.92 Å². The molecular formula is C21H29NO3. The molecule has 2 fully saturated rings. The summed E-state index contributed by atoms with van der Waals surface area (Å²) in [6, 6.07) is 8.17. The Bertz CT molecular complexity index is 607. The molecule has 1 aromatic rings. The normalized spacial score (nSPS) is 24.8. The van der Waals surface area contributed by atoms with E-state index in [-0.39, 0.29) is 24.5 Å². The van der Waals surface area contributed by atoms with Crippen LogP contribution >= 0.6 is 0 Å². The second-order valence-electron chi connectivity index (χ2n) is 7.40. The minimum Gasteiger partial charge on any atom is -0.490 e. The Hall–Kier alpha value is -1.81. The molecule has 1 aromatic carbocycles. The lowest BCUT2D eigenvalue weighted by Gasteiger charge is -2.36. The molecule has 1 aliphatic heterocycles. The van der Waals surface area contributed by atoms with Gasteiger partial charge in [-0.2, -0.15) is 0 Å². The second kappa shape index (κ2) is 8.52. The van der Waals surface area contributed by atoms with Gasteiger partial charge in [-0.1, -0.05) is 12.1 Å². The van der Waals surface area contributed by atoms with Crippen LogP contribution in [0.25, 0.3) is 6.08 Å². The highest BCUT2D eigenvalue weighted by Crippen LogP contribution is 2.25. The van der Waals surface area contributed by atoms with Crippen LogP contribution in [0.2, 0.25) is 0 Å². The molecule has 1 N–H and O–H groups in total. The Balaban J connectivity index is 1.61. The van der Waals surface area contributed by atoms with Gasteiger partial charge >= 0.3 is 0 Å². The Kier molecular flexibility index (Phi) is 6.14. The summed E-state index contributed by atoms with van der Waals surface area (Å²) in [5, 5.41) is 9.36. The summed E-state index contributed by atoms with van der Waals surface area (Å²) in [5.41, 5.74) is 0.979. The fourth-order valence-electron chi connectivity index (χ4n) is 3.79. The summed E-state index contributed by atoms with van der Waals surface area (Å²) in [6.07, 6.45) is 10.6. The molecule has 1 saturated carbocycles. The van der Waals surface area contributed by atoms with Crippen molar-refractivity contribution in [1.82, 2.24) is 4.90 Å². The van der Waals surface area contributed by atoms with Gasteiger partial charge in [-0.05, 0) is 75.1 Å². The van der Waals surface area contributed by atoms with E-state index in [1.54, 1.807) is 6.08 Å². The molecule has 1 heterocycles. The van der Waals surface area contributed by atoms with E-state index in [2.05, 4.69) is 6.92 Å². The molecule has 1 aliphatic carbocycles. The van der Waals surface area contributed by atoms with Gasteiger partial charge in [0.25, 0.3) is 0 Å². The summed E-state index contributed by atoms with van der Waals surface area (Å²) in [7, 11) is 0. The van der Waals surface area contributed by atoms with Crippen LogP contribution in [0.4, 0.5) is 0 Å². The molecule has 0 spiro atoms. The lowest BCUT2D eigenvalue weighted by molar-refractivity contribution is -0.130. The molecule has 4 nitrogen and oxygen atoms in total. The number of aliphatic hydroxyl groups excluding tert-OH is 1. The summed E-state index contributed by atoms with van der Waals surface area (Å²) >= 11 is 0. The minimum absolute atomic E-state index is 0.0211. The van der Waals surface area contributed by atoms with Crippen LogP contribution in [0, 0.1) is 5.92 Å². The van der Waals surface area contributed by atoms with Crippen molar-refractivity contribution in [1.29, 1.82) is 0 Å². The first-order valence-electron chi connectivity index (χ1n) is 9.52. The molecule has 25 heavy (non-hydrogen) atoms. The van der Waals surface area contributed by atoms with Gasteiger partial charge in [-0.3, -0.25) is 4.79 Å². The molecular weight excluding hydrogens is 314 g/mol. The van der Waals surface area contributed by atoms with Gasteiger partial charge in [0.15, 0.2) is 0 Å². The zero-order valence-electron chi connectivity index (χ0n) is 15.1. The molecule has 3 rings (SSSR count). The van der Waals surface area contributed by atoms with Gasteiger partial charge in [0, 0.05) is 25.3 Å².